The number of primary sulfonamides is 1. The Labute approximate surface area is 131 Å². The molecule has 0 aromatic heterocycles. The zero-order chi connectivity index (χ0) is 15.8. The van der Waals surface area contributed by atoms with Crippen LogP contribution < -0.4 is 10.0 Å². The summed E-state index contributed by atoms with van der Waals surface area (Å²) in [5.74, 6) is -0.587. The number of thiocarbonyl (C=S) groups is 1. The smallest absolute Gasteiger partial charge is 0.327 e. The molecular weight excluding hydrogens is 334 g/mol. The number of thioether (sulfide) groups is 1. The van der Waals surface area contributed by atoms with Crippen LogP contribution in [0.15, 0.2) is 29.2 Å². The number of ether oxygens (including phenoxy) is 1. The zero-order valence-electron chi connectivity index (χ0n) is 10.8. The Balaban J connectivity index is 2.32. The third kappa shape index (κ3) is 3.07. The molecule has 1 atom stereocenters. The molecular formula is C11H11N3O4S3. The Bertz CT molecular complexity index is 715. The summed E-state index contributed by atoms with van der Waals surface area (Å²) in [7, 11) is -2.54. The molecule has 1 aliphatic rings. The average molecular weight is 345 g/mol. The molecule has 1 saturated heterocycles. The monoisotopic (exact) mass is 345 g/mol. The molecule has 7 nitrogen and oxygen atoms in total. The van der Waals surface area contributed by atoms with Gasteiger partial charge in [0, 0.05) is 5.69 Å². The summed E-state index contributed by atoms with van der Waals surface area (Å²) in [6, 6.07) is 5.58. The van der Waals surface area contributed by atoms with Gasteiger partial charge in [-0.25, -0.2) is 13.6 Å². The molecule has 0 unspecified atom stereocenters. The predicted octanol–water partition coefficient (Wildman–Crippen LogP) is 0.691. The van der Waals surface area contributed by atoms with Crippen LogP contribution in [0.1, 0.15) is 0 Å². The van der Waals surface area contributed by atoms with E-state index in [9.17, 15) is 13.2 Å². The summed E-state index contributed by atoms with van der Waals surface area (Å²) in [4.78, 5) is 12.9. The fourth-order valence-corrected chi connectivity index (χ4v) is 3.65. The maximum atomic E-state index is 11.6. The Kier molecular flexibility index (Phi) is 4.33. The summed E-state index contributed by atoms with van der Waals surface area (Å²) in [5, 5.41) is 12.2. The van der Waals surface area contributed by atoms with Gasteiger partial charge in [-0.2, -0.15) is 0 Å². The third-order valence-corrected chi connectivity index (χ3v) is 5.17. The van der Waals surface area contributed by atoms with Crippen molar-refractivity contribution in [1.82, 2.24) is 0 Å². The first kappa shape index (κ1) is 15.9. The highest BCUT2D eigenvalue weighted by Gasteiger charge is 2.40. The molecule has 2 rings (SSSR count). The second-order valence-electron chi connectivity index (χ2n) is 4.05. The summed E-state index contributed by atoms with van der Waals surface area (Å²) in [6.07, 6.45) is 0. The lowest BCUT2D eigenvalue weighted by Crippen LogP contribution is -2.34. The van der Waals surface area contributed by atoms with Crippen molar-refractivity contribution in [3.63, 3.8) is 0 Å². The van der Waals surface area contributed by atoms with Crippen LogP contribution in [0.5, 0.6) is 0 Å². The maximum absolute atomic E-state index is 11.6. The van der Waals surface area contributed by atoms with Crippen LogP contribution in [0.4, 0.5) is 5.69 Å². The van der Waals surface area contributed by atoms with Crippen molar-refractivity contribution in [2.45, 2.75) is 10.1 Å². The quantitative estimate of drug-likeness (QED) is 0.612. The third-order valence-electron chi connectivity index (χ3n) is 2.73. The van der Waals surface area contributed by atoms with Gasteiger partial charge in [-0.1, -0.05) is 24.0 Å². The lowest BCUT2D eigenvalue weighted by atomic mass is 10.2. The fraction of sp³-hybridized carbons (Fsp3) is 0.182. The first-order valence-corrected chi connectivity index (χ1v) is 8.39. The normalized spacial score (nSPS) is 19.0. The minimum Gasteiger partial charge on any atom is -0.468 e. The first-order valence-electron chi connectivity index (χ1n) is 5.55. The van der Waals surface area contributed by atoms with Crippen molar-refractivity contribution in [1.29, 1.82) is 5.41 Å². The molecule has 112 valence electrons. The maximum Gasteiger partial charge on any atom is 0.327 e. The van der Waals surface area contributed by atoms with Gasteiger partial charge in [0.25, 0.3) is 0 Å². The van der Waals surface area contributed by atoms with E-state index in [0.29, 0.717) is 10.0 Å². The molecule has 3 N–H and O–H groups in total. The summed E-state index contributed by atoms with van der Waals surface area (Å²) in [5.41, 5.74) is 0.483. The van der Waals surface area contributed by atoms with Crippen LogP contribution in [-0.4, -0.2) is 36.9 Å². The van der Waals surface area contributed by atoms with Crippen LogP contribution in [0.25, 0.3) is 0 Å². The van der Waals surface area contributed by atoms with Gasteiger partial charge >= 0.3 is 5.97 Å². The highest BCUT2D eigenvalue weighted by Crippen LogP contribution is 2.33. The topological polar surface area (TPSA) is 114 Å². The highest BCUT2D eigenvalue weighted by molar-refractivity contribution is 8.25. The molecule has 21 heavy (non-hydrogen) atoms. The van der Waals surface area contributed by atoms with E-state index in [1.54, 1.807) is 0 Å². The molecule has 1 aromatic rings. The van der Waals surface area contributed by atoms with E-state index >= 15 is 0 Å². The number of hydrogen-bond donors (Lipinski definition) is 2. The first-order chi connectivity index (χ1) is 9.75. The molecule has 1 aliphatic heterocycles. The van der Waals surface area contributed by atoms with E-state index in [4.69, 9.17) is 22.8 Å². The van der Waals surface area contributed by atoms with Crippen molar-refractivity contribution < 1.29 is 17.9 Å². The van der Waals surface area contributed by atoms with Crippen LogP contribution in [0, 0.1) is 5.41 Å². The second kappa shape index (κ2) is 5.72. The zero-order valence-corrected chi connectivity index (χ0v) is 13.2. The Morgan fingerprint density at radius 3 is 2.48 bits per heavy atom. The summed E-state index contributed by atoms with van der Waals surface area (Å²) in [6.45, 7) is 0. The van der Waals surface area contributed by atoms with Crippen LogP contribution in [0.2, 0.25) is 0 Å². The molecule has 0 spiro atoms. The fourth-order valence-electron chi connectivity index (χ4n) is 1.72. The van der Waals surface area contributed by atoms with Crippen molar-refractivity contribution in [2.24, 2.45) is 5.14 Å². The molecule has 0 radical (unpaired) electrons. The number of nitrogens with zero attached hydrogens (tertiary/aromatic N) is 1. The Morgan fingerprint density at radius 1 is 1.43 bits per heavy atom. The SMILES string of the molecule is COC(=O)[C@@H]1SC(=S)N(c2ccc(S(N)(=O)=O)cc2)C1=N. The minimum absolute atomic E-state index is 0.0276. The van der Waals surface area contributed by atoms with Gasteiger partial charge in [-0.05, 0) is 24.3 Å². The number of sulfonamides is 1. The number of anilines is 1. The molecule has 0 bridgehead atoms. The molecule has 1 heterocycles. The average Bonchev–Trinajstić information content (AvgIpc) is 2.72. The molecule has 1 fully saturated rings. The number of carbonyl (C=O) groups is 1. The van der Waals surface area contributed by atoms with E-state index in [-0.39, 0.29) is 10.7 Å². The van der Waals surface area contributed by atoms with E-state index in [1.807, 2.05) is 0 Å². The van der Waals surface area contributed by atoms with Crippen molar-refractivity contribution in [2.75, 3.05) is 12.0 Å². The lowest BCUT2D eigenvalue weighted by molar-refractivity contribution is -0.138. The lowest BCUT2D eigenvalue weighted by Gasteiger charge is -2.17. The van der Waals surface area contributed by atoms with Gasteiger partial charge in [0.2, 0.25) is 10.0 Å². The minimum atomic E-state index is -3.78. The number of carbonyl (C=O) groups excluding carboxylic acids is 1. The van der Waals surface area contributed by atoms with Gasteiger partial charge < -0.3 is 4.74 Å². The number of methoxy groups -OCH3 is 1. The number of hydrogen-bond acceptors (Lipinski definition) is 7. The van der Waals surface area contributed by atoms with E-state index in [0.717, 1.165) is 11.8 Å². The standard InChI is InChI=1S/C11H11N3O4S3/c1-18-10(15)8-9(12)14(11(19)20-8)6-2-4-7(5-3-6)21(13,16)17/h2-5,8,12H,1H3,(H2,13,16,17)/t8-/m1/s1. The van der Waals surface area contributed by atoms with E-state index in [2.05, 4.69) is 4.74 Å². The number of rotatable bonds is 3. The largest absolute Gasteiger partial charge is 0.468 e. The van der Waals surface area contributed by atoms with Gasteiger partial charge in [0.15, 0.2) is 5.25 Å². The van der Waals surface area contributed by atoms with Gasteiger partial charge in [-0.3, -0.25) is 15.1 Å². The van der Waals surface area contributed by atoms with Crippen LogP contribution in [-0.2, 0) is 19.6 Å². The number of nitrogens with two attached hydrogens (primary N) is 1. The number of esters is 1. The molecule has 10 heteroatoms. The Morgan fingerprint density at radius 2 is 2.00 bits per heavy atom. The highest BCUT2D eigenvalue weighted by atomic mass is 32.2. The van der Waals surface area contributed by atoms with E-state index < -0.39 is 21.2 Å². The number of nitrogens with one attached hydrogen (secondary N) is 1. The van der Waals surface area contributed by atoms with E-state index in [1.165, 1.54) is 36.3 Å². The van der Waals surface area contributed by atoms with Crippen LogP contribution in [0.3, 0.4) is 0 Å². The van der Waals surface area contributed by atoms with Crippen molar-refractivity contribution in [3.8, 4) is 0 Å². The number of benzene rings is 1. The summed E-state index contributed by atoms with van der Waals surface area (Å²) >= 11 is 6.18. The molecule has 0 amide bonds. The summed E-state index contributed by atoms with van der Waals surface area (Å²) < 4.78 is 27.3. The van der Waals surface area contributed by atoms with Crippen LogP contribution >= 0.6 is 24.0 Å². The van der Waals surface area contributed by atoms with Crippen molar-refractivity contribution in [3.05, 3.63) is 24.3 Å². The molecule has 0 saturated carbocycles. The number of amidine groups is 1. The second-order valence-corrected chi connectivity index (χ2v) is 7.35. The van der Waals surface area contributed by atoms with Gasteiger partial charge in [0.1, 0.15) is 10.2 Å². The Hall–Kier alpha value is -1.49. The predicted molar refractivity (Wildman–Crippen MR) is 84.0 cm³/mol. The van der Waals surface area contributed by atoms with Gasteiger partial charge in [0.05, 0.1) is 12.0 Å². The van der Waals surface area contributed by atoms with Gasteiger partial charge in [-0.15, -0.1) is 0 Å². The molecule has 1 aromatic carbocycles. The molecule has 0 aliphatic carbocycles. The van der Waals surface area contributed by atoms with Crippen molar-refractivity contribution >= 4 is 55.8 Å².